The minimum absolute atomic E-state index is 0.0212. The van der Waals surface area contributed by atoms with Crippen LogP contribution in [0.25, 0.3) is 5.76 Å². The monoisotopic (exact) mass is 451 g/mol. The Kier molecular flexibility index (Phi) is 5.61. The van der Waals surface area contributed by atoms with E-state index in [1.807, 2.05) is 26.0 Å². The van der Waals surface area contributed by atoms with Gasteiger partial charge in [0.05, 0.1) is 11.6 Å². The van der Waals surface area contributed by atoms with Crippen molar-refractivity contribution in [3.05, 3.63) is 105 Å². The Morgan fingerprint density at radius 3 is 2.16 bits per heavy atom. The molecule has 31 heavy (non-hydrogen) atoms. The number of benzene rings is 3. The average molecular weight is 452 g/mol. The van der Waals surface area contributed by atoms with Crippen LogP contribution >= 0.6 is 23.2 Å². The van der Waals surface area contributed by atoms with Crippen molar-refractivity contribution in [2.75, 3.05) is 4.90 Å². The summed E-state index contributed by atoms with van der Waals surface area (Å²) in [5, 5.41) is 12.1. The number of ketones is 1. The molecule has 156 valence electrons. The van der Waals surface area contributed by atoms with E-state index in [4.69, 9.17) is 23.2 Å². The Labute approximate surface area is 190 Å². The summed E-state index contributed by atoms with van der Waals surface area (Å²) in [6.07, 6.45) is 0. The van der Waals surface area contributed by atoms with Crippen molar-refractivity contribution in [1.82, 2.24) is 0 Å². The second kappa shape index (κ2) is 8.22. The Balaban J connectivity index is 1.95. The Morgan fingerprint density at radius 1 is 0.903 bits per heavy atom. The summed E-state index contributed by atoms with van der Waals surface area (Å²) in [5.41, 5.74) is 3.47. The average Bonchev–Trinajstić information content (AvgIpc) is 3.01. The molecule has 1 amide bonds. The van der Waals surface area contributed by atoms with E-state index in [1.54, 1.807) is 54.6 Å². The van der Waals surface area contributed by atoms with Gasteiger partial charge in [-0.25, -0.2) is 0 Å². The summed E-state index contributed by atoms with van der Waals surface area (Å²) >= 11 is 12.3. The minimum atomic E-state index is -0.822. The lowest BCUT2D eigenvalue weighted by molar-refractivity contribution is -0.132. The van der Waals surface area contributed by atoms with Gasteiger partial charge in [0, 0.05) is 21.3 Å². The number of Topliss-reactive ketones (excluding diaryl/α,β-unsaturated/α-hetero) is 1. The molecule has 6 heteroatoms. The fraction of sp³-hybridized carbons (Fsp3) is 0.120. The first-order valence-corrected chi connectivity index (χ1v) is 10.4. The van der Waals surface area contributed by atoms with Crippen molar-refractivity contribution in [2.45, 2.75) is 19.9 Å². The molecule has 3 aromatic rings. The standard InChI is InChI=1S/C25H19Cl2NO3/c1-14-3-6-17(7-4-14)23(29)21-22(16-8-10-18(26)11-9-16)28(25(31)24(21)30)19-12-5-15(2)20(27)13-19/h3-13,22,29H,1-2H3/b23-21+. The SMILES string of the molecule is Cc1ccc(/C(O)=C2\C(=O)C(=O)N(c3ccc(C)c(Cl)c3)C2c2ccc(Cl)cc2)cc1. The molecule has 0 spiro atoms. The van der Waals surface area contributed by atoms with E-state index in [9.17, 15) is 14.7 Å². The lowest BCUT2D eigenvalue weighted by atomic mass is 9.95. The number of carbonyl (C=O) groups excluding carboxylic acids is 2. The highest BCUT2D eigenvalue weighted by atomic mass is 35.5. The molecule has 1 heterocycles. The van der Waals surface area contributed by atoms with E-state index >= 15 is 0 Å². The number of aliphatic hydroxyl groups excluding tert-OH is 1. The zero-order valence-corrected chi connectivity index (χ0v) is 18.4. The molecule has 0 saturated carbocycles. The van der Waals surface area contributed by atoms with Crippen molar-refractivity contribution in [3.63, 3.8) is 0 Å². The number of hydrogen-bond acceptors (Lipinski definition) is 3. The number of hydrogen-bond donors (Lipinski definition) is 1. The third kappa shape index (κ3) is 3.85. The molecular weight excluding hydrogens is 433 g/mol. The van der Waals surface area contributed by atoms with Crippen LogP contribution in [0.1, 0.15) is 28.3 Å². The van der Waals surface area contributed by atoms with Crippen LogP contribution in [0.5, 0.6) is 0 Å². The maximum absolute atomic E-state index is 13.1. The van der Waals surface area contributed by atoms with Crippen LogP contribution in [0.3, 0.4) is 0 Å². The van der Waals surface area contributed by atoms with Gasteiger partial charge in [-0.1, -0.05) is 71.2 Å². The Morgan fingerprint density at radius 2 is 1.55 bits per heavy atom. The maximum atomic E-state index is 13.1. The molecule has 1 aliphatic heterocycles. The molecule has 0 aliphatic carbocycles. The van der Waals surface area contributed by atoms with Crippen LogP contribution in [-0.4, -0.2) is 16.8 Å². The fourth-order valence-electron chi connectivity index (χ4n) is 3.66. The van der Waals surface area contributed by atoms with E-state index < -0.39 is 17.7 Å². The fourth-order valence-corrected chi connectivity index (χ4v) is 3.96. The van der Waals surface area contributed by atoms with Crippen molar-refractivity contribution in [2.24, 2.45) is 0 Å². The zero-order chi connectivity index (χ0) is 22.3. The van der Waals surface area contributed by atoms with E-state index in [1.165, 1.54) is 4.90 Å². The molecule has 0 radical (unpaired) electrons. The van der Waals surface area contributed by atoms with Crippen LogP contribution in [0.2, 0.25) is 10.0 Å². The van der Waals surface area contributed by atoms with Gasteiger partial charge in [0.25, 0.3) is 11.7 Å². The lowest BCUT2D eigenvalue weighted by Crippen LogP contribution is -2.29. The van der Waals surface area contributed by atoms with Gasteiger partial charge in [0.1, 0.15) is 5.76 Å². The van der Waals surface area contributed by atoms with Crippen molar-refractivity contribution >= 4 is 46.3 Å². The largest absolute Gasteiger partial charge is 0.507 e. The topological polar surface area (TPSA) is 57.6 Å². The highest BCUT2D eigenvalue weighted by Gasteiger charge is 2.47. The van der Waals surface area contributed by atoms with Crippen LogP contribution in [-0.2, 0) is 9.59 Å². The third-order valence-corrected chi connectivity index (χ3v) is 6.05. The smallest absolute Gasteiger partial charge is 0.300 e. The zero-order valence-electron chi connectivity index (χ0n) is 16.9. The van der Waals surface area contributed by atoms with Crippen molar-refractivity contribution < 1.29 is 14.7 Å². The summed E-state index contributed by atoms with van der Waals surface area (Å²) < 4.78 is 0. The number of amides is 1. The second-order valence-corrected chi connectivity index (χ2v) is 8.36. The molecular formula is C25H19Cl2NO3. The van der Waals surface area contributed by atoms with E-state index in [-0.39, 0.29) is 11.3 Å². The Bertz CT molecular complexity index is 1210. The molecule has 1 N–H and O–H groups in total. The molecule has 0 aromatic heterocycles. The number of aliphatic hydroxyl groups is 1. The summed E-state index contributed by atoms with van der Waals surface area (Å²) in [6.45, 7) is 3.78. The van der Waals surface area contributed by atoms with Gasteiger partial charge in [-0.05, 0) is 49.2 Å². The molecule has 1 unspecified atom stereocenters. The lowest BCUT2D eigenvalue weighted by Gasteiger charge is -2.26. The molecule has 3 aromatic carbocycles. The van der Waals surface area contributed by atoms with Crippen molar-refractivity contribution in [1.29, 1.82) is 0 Å². The van der Waals surface area contributed by atoms with Crippen LogP contribution in [0.4, 0.5) is 5.69 Å². The third-order valence-electron chi connectivity index (χ3n) is 5.39. The van der Waals surface area contributed by atoms with Gasteiger partial charge < -0.3 is 5.11 Å². The highest BCUT2D eigenvalue weighted by molar-refractivity contribution is 6.51. The van der Waals surface area contributed by atoms with Crippen LogP contribution in [0, 0.1) is 13.8 Å². The summed E-state index contributed by atoms with van der Waals surface area (Å²) in [6, 6.07) is 18.3. The number of halogens is 2. The van der Waals surface area contributed by atoms with E-state index in [0.717, 1.165) is 11.1 Å². The molecule has 4 nitrogen and oxygen atoms in total. The molecule has 1 atom stereocenters. The van der Waals surface area contributed by atoms with Crippen molar-refractivity contribution in [3.8, 4) is 0 Å². The molecule has 0 bridgehead atoms. The molecule has 1 aliphatic rings. The van der Waals surface area contributed by atoms with Gasteiger partial charge in [-0.3, -0.25) is 14.5 Å². The number of anilines is 1. The van der Waals surface area contributed by atoms with E-state index in [0.29, 0.717) is 26.9 Å². The van der Waals surface area contributed by atoms with Crippen LogP contribution in [0.15, 0.2) is 72.3 Å². The number of carbonyl (C=O) groups is 2. The number of aryl methyl sites for hydroxylation is 2. The first-order chi connectivity index (χ1) is 14.8. The van der Waals surface area contributed by atoms with Gasteiger partial charge in [-0.15, -0.1) is 0 Å². The van der Waals surface area contributed by atoms with Crippen LogP contribution < -0.4 is 4.90 Å². The predicted molar refractivity (Wildman–Crippen MR) is 124 cm³/mol. The summed E-state index contributed by atoms with van der Waals surface area (Å²) in [4.78, 5) is 27.6. The first kappa shape index (κ1) is 21.2. The van der Waals surface area contributed by atoms with Gasteiger partial charge in [0.15, 0.2) is 0 Å². The van der Waals surface area contributed by atoms with E-state index in [2.05, 4.69) is 0 Å². The number of nitrogens with zero attached hydrogens (tertiary/aromatic N) is 1. The van der Waals surface area contributed by atoms with Gasteiger partial charge in [0.2, 0.25) is 0 Å². The minimum Gasteiger partial charge on any atom is -0.507 e. The Hall–Kier alpha value is -3.08. The highest BCUT2D eigenvalue weighted by Crippen LogP contribution is 2.43. The second-order valence-electron chi connectivity index (χ2n) is 7.52. The number of rotatable bonds is 3. The quantitative estimate of drug-likeness (QED) is 0.291. The van der Waals surface area contributed by atoms with Gasteiger partial charge in [-0.2, -0.15) is 0 Å². The normalized spacial score (nSPS) is 17.9. The molecule has 1 saturated heterocycles. The summed E-state index contributed by atoms with van der Waals surface area (Å²) in [7, 11) is 0. The van der Waals surface area contributed by atoms with Gasteiger partial charge >= 0.3 is 0 Å². The maximum Gasteiger partial charge on any atom is 0.300 e. The predicted octanol–water partition coefficient (Wildman–Crippen LogP) is 6.24. The summed E-state index contributed by atoms with van der Waals surface area (Å²) in [5.74, 6) is -1.71. The molecule has 4 rings (SSSR count). The molecule has 1 fully saturated rings. The first-order valence-electron chi connectivity index (χ1n) is 9.67.